The Hall–Kier alpha value is -2.67. The van der Waals surface area contributed by atoms with Crippen LogP contribution >= 0.6 is 11.8 Å². The van der Waals surface area contributed by atoms with Crippen molar-refractivity contribution in [2.24, 2.45) is 0 Å². The SMILES string of the molecule is CCOc1ccc(CN2C(=O)CSC2c2c(OC)ccc3nc(C)oc23)cc1. The standard InChI is InChI=1S/C21H22N2O4S/c1-4-26-15-7-5-14(6-8-15)11-23-18(24)12-28-21(23)19-17(25-3)10-9-16-20(19)27-13(2)22-16/h5-10,21H,4,11-12H2,1-3H3. The molecule has 1 amide bonds. The Balaban J connectivity index is 1.69. The number of thioether (sulfide) groups is 1. The van der Waals surface area contributed by atoms with Gasteiger partial charge >= 0.3 is 0 Å². The van der Waals surface area contributed by atoms with Crippen LogP contribution in [0.25, 0.3) is 11.1 Å². The van der Waals surface area contributed by atoms with Gasteiger partial charge in [0, 0.05) is 13.5 Å². The van der Waals surface area contributed by atoms with Gasteiger partial charge in [-0.05, 0) is 36.8 Å². The molecule has 6 nitrogen and oxygen atoms in total. The van der Waals surface area contributed by atoms with Gasteiger partial charge in [-0.15, -0.1) is 11.8 Å². The molecule has 0 radical (unpaired) electrons. The van der Waals surface area contributed by atoms with E-state index in [9.17, 15) is 4.79 Å². The van der Waals surface area contributed by atoms with Crippen molar-refractivity contribution in [3.8, 4) is 11.5 Å². The zero-order chi connectivity index (χ0) is 19.7. The number of oxazole rings is 1. The van der Waals surface area contributed by atoms with E-state index in [1.165, 1.54) is 0 Å². The first-order valence-electron chi connectivity index (χ1n) is 9.17. The van der Waals surface area contributed by atoms with Crippen molar-refractivity contribution in [1.29, 1.82) is 0 Å². The third-order valence-electron chi connectivity index (χ3n) is 4.69. The predicted molar refractivity (Wildman–Crippen MR) is 109 cm³/mol. The lowest BCUT2D eigenvalue weighted by Crippen LogP contribution is -2.28. The van der Waals surface area contributed by atoms with Crippen molar-refractivity contribution in [3.63, 3.8) is 0 Å². The van der Waals surface area contributed by atoms with Crippen LogP contribution < -0.4 is 9.47 Å². The minimum Gasteiger partial charge on any atom is -0.496 e. The van der Waals surface area contributed by atoms with E-state index in [2.05, 4.69) is 4.98 Å². The van der Waals surface area contributed by atoms with Crippen molar-refractivity contribution < 1.29 is 18.7 Å². The summed E-state index contributed by atoms with van der Waals surface area (Å²) in [5.74, 6) is 2.64. The minimum atomic E-state index is -0.190. The van der Waals surface area contributed by atoms with Gasteiger partial charge in [-0.3, -0.25) is 4.79 Å². The lowest BCUT2D eigenvalue weighted by Gasteiger charge is -2.25. The molecule has 0 N–H and O–H groups in total. The minimum absolute atomic E-state index is 0.0965. The molecule has 0 bridgehead atoms. The second-order valence-corrected chi connectivity index (χ2v) is 7.59. The quantitative estimate of drug-likeness (QED) is 0.616. The van der Waals surface area contributed by atoms with Crippen molar-refractivity contribution in [1.82, 2.24) is 9.88 Å². The monoisotopic (exact) mass is 398 g/mol. The Labute approximate surface area is 167 Å². The molecule has 1 aromatic heterocycles. The Kier molecular flexibility index (Phi) is 5.17. The van der Waals surface area contributed by atoms with Gasteiger partial charge in [0.15, 0.2) is 11.5 Å². The summed E-state index contributed by atoms with van der Waals surface area (Å²) in [4.78, 5) is 19.0. The number of carbonyl (C=O) groups is 1. The molecule has 1 fully saturated rings. The van der Waals surface area contributed by atoms with Gasteiger partial charge in [0.1, 0.15) is 22.4 Å². The highest BCUT2D eigenvalue weighted by Crippen LogP contribution is 2.46. The van der Waals surface area contributed by atoms with Crippen molar-refractivity contribution in [2.45, 2.75) is 25.8 Å². The number of hydrogen-bond donors (Lipinski definition) is 0. The fraction of sp³-hybridized carbons (Fsp3) is 0.333. The number of aryl methyl sites for hydroxylation is 1. The second-order valence-electron chi connectivity index (χ2n) is 6.52. The fourth-order valence-corrected chi connectivity index (χ4v) is 4.66. The zero-order valence-electron chi connectivity index (χ0n) is 16.1. The molecule has 2 heterocycles. The molecule has 1 atom stereocenters. The Bertz CT molecular complexity index is 1000. The van der Waals surface area contributed by atoms with Crippen LogP contribution in [0, 0.1) is 6.92 Å². The van der Waals surface area contributed by atoms with Gasteiger partial charge < -0.3 is 18.8 Å². The topological polar surface area (TPSA) is 64.8 Å². The summed E-state index contributed by atoms with van der Waals surface area (Å²) >= 11 is 1.58. The molecule has 1 aliphatic heterocycles. The fourth-order valence-electron chi connectivity index (χ4n) is 3.44. The number of amides is 1. The normalized spacial score (nSPS) is 16.8. The highest BCUT2D eigenvalue weighted by molar-refractivity contribution is 8.00. The van der Waals surface area contributed by atoms with E-state index in [1.54, 1.807) is 18.9 Å². The van der Waals surface area contributed by atoms with Crippen LogP contribution in [0.15, 0.2) is 40.8 Å². The molecular weight excluding hydrogens is 376 g/mol. The van der Waals surface area contributed by atoms with E-state index >= 15 is 0 Å². The molecule has 3 aromatic rings. The number of rotatable bonds is 6. The van der Waals surface area contributed by atoms with Crippen molar-refractivity contribution in [2.75, 3.05) is 19.5 Å². The molecule has 1 aliphatic rings. The highest BCUT2D eigenvalue weighted by Gasteiger charge is 2.37. The summed E-state index contributed by atoms with van der Waals surface area (Å²) in [5, 5.41) is -0.190. The van der Waals surface area contributed by atoms with Crippen LogP contribution in [-0.4, -0.2) is 35.3 Å². The zero-order valence-corrected chi connectivity index (χ0v) is 16.9. The van der Waals surface area contributed by atoms with Gasteiger partial charge in [-0.2, -0.15) is 0 Å². The van der Waals surface area contributed by atoms with Crippen LogP contribution in [0.5, 0.6) is 11.5 Å². The van der Waals surface area contributed by atoms with Crippen LogP contribution in [0.2, 0.25) is 0 Å². The maximum absolute atomic E-state index is 12.7. The largest absolute Gasteiger partial charge is 0.496 e. The molecule has 2 aromatic carbocycles. The van der Waals surface area contributed by atoms with E-state index in [-0.39, 0.29) is 11.3 Å². The van der Waals surface area contributed by atoms with E-state index < -0.39 is 0 Å². The second kappa shape index (κ2) is 7.75. The van der Waals surface area contributed by atoms with Crippen LogP contribution in [-0.2, 0) is 11.3 Å². The summed E-state index contributed by atoms with van der Waals surface area (Å²) < 4.78 is 17.0. The summed E-state index contributed by atoms with van der Waals surface area (Å²) in [6.07, 6.45) is 0. The van der Waals surface area contributed by atoms with Crippen molar-refractivity contribution >= 4 is 28.8 Å². The summed E-state index contributed by atoms with van der Waals surface area (Å²) in [7, 11) is 1.63. The summed E-state index contributed by atoms with van der Waals surface area (Å²) in [6, 6.07) is 11.6. The average molecular weight is 398 g/mol. The maximum atomic E-state index is 12.7. The molecule has 7 heteroatoms. The molecule has 28 heavy (non-hydrogen) atoms. The lowest BCUT2D eigenvalue weighted by molar-refractivity contribution is -0.128. The first-order chi connectivity index (χ1) is 13.6. The first-order valence-corrected chi connectivity index (χ1v) is 10.2. The molecular formula is C21H22N2O4S. The molecule has 146 valence electrons. The Morgan fingerprint density at radius 2 is 2.04 bits per heavy atom. The van der Waals surface area contributed by atoms with Gasteiger partial charge in [0.25, 0.3) is 0 Å². The molecule has 0 saturated carbocycles. The smallest absolute Gasteiger partial charge is 0.234 e. The Morgan fingerprint density at radius 1 is 1.25 bits per heavy atom. The molecule has 0 spiro atoms. The van der Waals surface area contributed by atoms with Crippen LogP contribution in [0.1, 0.15) is 29.3 Å². The van der Waals surface area contributed by atoms with Gasteiger partial charge in [-0.25, -0.2) is 4.98 Å². The third-order valence-corrected chi connectivity index (χ3v) is 5.90. The van der Waals surface area contributed by atoms with E-state index in [0.29, 0.717) is 36.1 Å². The molecule has 1 unspecified atom stereocenters. The van der Waals surface area contributed by atoms with Crippen LogP contribution in [0.3, 0.4) is 0 Å². The summed E-state index contributed by atoms with van der Waals surface area (Å²) in [5.41, 5.74) is 3.36. The van der Waals surface area contributed by atoms with E-state index in [1.807, 2.05) is 55.1 Å². The van der Waals surface area contributed by atoms with Gasteiger partial charge in [0.05, 0.1) is 25.0 Å². The van der Waals surface area contributed by atoms with Gasteiger partial charge in [0.2, 0.25) is 5.91 Å². The number of fused-ring (bicyclic) bond motifs is 1. The number of nitrogens with zero attached hydrogens (tertiary/aromatic N) is 2. The lowest BCUT2D eigenvalue weighted by atomic mass is 10.1. The first kappa shape index (κ1) is 18.7. The predicted octanol–water partition coefficient (Wildman–Crippen LogP) is 4.32. The maximum Gasteiger partial charge on any atom is 0.234 e. The molecule has 4 rings (SSSR count). The van der Waals surface area contributed by atoms with Crippen LogP contribution in [0.4, 0.5) is 0 Å². The number of carbonyl (C=O) groups excluding carboxylic acids is 1. The average Bonchev–Trinajstić information content (AvgIpc) is 3.24. The van der Waals surface area contributed by atoms with E-state index in [4.69, 9.17) is 13.9 Å². The molecule has 0 aliphatic carbocycles. The summed E-state index contributed by atoms with van der Waals surface area (Å²) in [6.45, 7) is 4.91. The number of benzene rings is 2. The number of ether oxygens (including phenoxy) is 2. The number of aromatic nitrogens is 1. The van der Waals surface area contributed by atoms with Gasteiger partial charge in [-0.1, -0.05) is 12.1 Å². The highest BCUT2D eigenvalue weighted by atomic mass is 32.2. The third kappa shape index (κ3) is 3.42. The Morgan fingerprint density at radius 3 is 2.75 bits per heavy atom. The number of methoxy groups -OCH3 is 1. The number of hydrogen-bond acceptors (Lipinski definition) is 6. The van der Waals surface area contributed by atoms with E-state index in [0.717, 1.165) is 22.4 Å². The van der Waals surface area contributed by atoms with Crippen molar-refractivity contribution in [3.05, 3.63) is 53.4 Å². The molecule has 1 saturated heterocycles.